The third kappa shape index (κ3) is 9.53. The molecule has 6 heteroatoms. The molecule has 1 atom stereocenters. The summed E-state index contributed by atoms with van der Waals surface area (Å²) in [6.45, 7) is 10.9. The first-order chi connectivity index (χ1) is 16.2. The number of carbonyl (C=O) groups excluding carboxylic acids is 1. The van der Waals surface area contributed by atoms with Gasteiger partial charge in [0.15, 0.2) is 0 Å². The highest BCUT2D eigenvalue weighted by atomic mass is 32.1. The predicted molar refractivity (Wildman–Crippen MR) is 144 cm³/mol. The monoisotopic (exact) mass is 487 g/mol. The van der Waals surface area contributed by atoms with E-state index in [0.29, 0.717) is 6.04 Å². The van der Waals surface area contributed by atoms with Crippen LogP contribution in [0.3, 0.4) is 0 Å². The minimum Gasteiger partial charge on any atom is -0.444 e. The van der Waals surface area contributed by atoms with Crippen LogP contribution in [-0.2, 0) is 11.3 Å². The number of alkyl carbamates (subject to hydrolysis) is 1. The molecule has 1 aromatic carbocycles. The molecule has 0 aromatic heterocycles. The van der Waals surface area contributed by atoms with Gasteiger partial charge in [0.2, 0.25) is 0 Å². The summed E-state index contributed by atoms with van der Waals surface area (Å²) in [5.41, 5.74) is 2.16. The lowest BCUT2D eigenvalue weighted by molar-refractivity contribution is 0.0514. The Labute approximate surface area is 212 Å². The highest BCUT2D eigenvalue weighted by molar-refractivity contribution is 7.80. The van der Waals surface area contributed by atoms with Crippen molar-refractivity contribution in [3.05, 3.63) is 35.4 Å². The number of amides is 1. The van der Waals surface area contributed by atoms with Crippen LogP contribution in [0.25, 0.3) is 0 Å². The number of carbonyl (C=O) groups is 1. The van der Waals surface area contributed by atoms with Gasteiger partial charge in [-0.2, -0.15) is 0 Å². The molecule has 34 heavy (non-hydrogen) atoms. The zero-order valence-corrected chi connectivity index (χ0v) is 22.5. The van der Waals surface area contributed by atoms with Crippen molar-refractivity contribution in [3.8, 4) is 0 Å². The molecule has 2 aliphatic rings. The van der Waals surface area contributed by atoms with Crippen molar-refractivity contribution in [1.82, 2.24) is 15.5 Å². The topological polar surface area (TPSA) is 53.6 Å². The van der Waals surface area contributed by atoms with Crippen LogP contribution in [-0.4, -0.2) is 46.8 Å². The first-order valence-electron chi connectivity index (χ1n) is 13.3. The van der Waals surface area contributed by atoms with Crippen LogP contribution < -0.4 is 10.6 Å². The molecule has 0 bridgehead atoms. The summed E-state index contributed by atoms with van der Waals surface area (Å²) in [6.07, 6.45) is 10.4. The second-order valence-corrected chi connectivity index (χ2v) is 11.8. The standard InChI is InChI=1S/C28H45N3O2S/c1-21-10-12-23(13-11-21)20-31-18-16-24(17-19-31)29-26(34)25(30-27(32)33-28(2,3)4)15-14-22-8-6-5-7-9-22/h10-13,22,24-25H,5-9,14-20H2,1-4H3,(H,29,34)(H,30,32). The summed E-state index contributed by atoms with van der Waals surface area (Å²) >= 11 is 5.83. The Bertz CT molecular complexity index is 776. The molecule has 1 saturated heterocycles. The fourth-order valence-electron chi connectivity index (χ4n) is 5.09. The Kier molecular flexibility index (Phi) is 10.2. The lowest BCUT2D eigenvalue weighted by atomic mass is 9.85. The lowest BCUT2D eigenvalue weighted by Crippen LogP contribution is -2.52. The third-order valence-corrected chi connectivity index (χ3v) is 7.46. The molecule has 190 valence electrons. The van der Waals surface area contributed by atoms with E-state index in [9.17, 15) is 4.79 Å². The molecule has 1 heterocycles. The van der Waals surface area contributed by atoms with Gasteiger partial charge in [-0.05, 0) is 64.9 Å². The molecule has 1 amide bonds. The van der Waals surface area contributed by atoms with Gasteiger partial charge in [0.1, 0.15) is 5.60 Å². The minimum atomic E-state index is -0.517. The van der Waals surface area contributed by atoms with Crippen molar-refractivity contribution in [3.63, 3.8) is 0 Å². The van der Waals surface area contributed by atoms with E-state index in [1.165, 1.54) is 43.2 Å². The summed E-state index contributed by atoms with van der Waals surface area (Å²) in [4.78, 5) is 15.8. The fourth-order valence-corrected chi connectivity index (χ4v) is 5.43. The highest BCUT2D eigenvalue weighted by Crippen LogP contribution is 2.28. The van der Waals surface area contributed by atoms with E-state index < -0.39 is 5.60 Å². The molecule has 0 radical (unpaired) electrons. The van der Waals surface area contributed by atoms with E-state index in [2.05, 4.69) is 46.7 Å². The second-order valence-electron chi connectivity index (χ2n) is 11.3. The highest BCUT2D eigenvalue weighted by Gasteiger charge is 2.26. The number of likely N-dealkylation sites (tertiary alicyclic amines) is 1. The number of thiocarbonyl (C=S) groups is 1. The third-order valence-electron chi connectivity index (χ3n) is 7.06. The van der Waals surface area contributed by atoms with Crippen molar-refractivity contribution in [1.29, 1.82) is 0 Å². The molecule has 1 saturated carbocycles. The first-order valence-corrected chi connectivity index (χ1v) is 13.7. The summed E-state index contributed by atoms with van der Waals surface area (Å²) in [7, 11) is 0. The number of hydrogen-bond donors (Lipinski definition) is 2. The van der Waals surface area contributed by atoms with Crippen molar-refractivity contribution in [2.75, 3.05) is 13.1 Å². The van der Waals surface area contributed by atoms with E-state index in [-0.39, 0.29) is 12.1 Å². The van der Waals surface area contributed by atoms with Gasteiger partial charge in [-0.3, -0.25) is 4.90 Å². The van der Waals surface area contributed by atoms with E-state index in [1.54, 1.807) is 0 Å². The maximum atomic E-state index is 12.5. The molecule has 2 N–H and O–H groups in total. The van der Waals surface area contributed by atoms with Gasteiger partial charge in [-0.15, -0.1) is 0 Å². The van der Waals surface area contributed by atoms with Crippen molar-refractivity contribution in [2.45, 2.75) is 110 Å². The molecule has 1 aromatic rings. The molecular formula is C28H45N3O2S. The molecule has 1 aliphatic carbocycles. The maximum Gasteiger partial charge on any atom is 0.408 e. The van der Waals surface area contributed by atoms with Crippen LogP contribution in [0.2, 0.25) is 0 Å². The number of ether oxygens (including phenoxy) is 1. The Hall–Kier alpha value is -1.66. The quantitative estimate of drug-likeness (QED) is 0.432. The van der Waals surface area contributed by atoms with Gasteiger partial charge in [0.05, 0.1) is 11.0 Å². The normalized spacial score (nSPS) is 19.4. The Morgan fingerprint density at radius 1 is 1.09 bits per heavy atom. The second kappa shape index (κ2) is 12.9. The first kappa shape index (κ1) is 26.9. The molecule has 2 fully saturated rings. The maximum absolute atomic E-state index is 12.5. The van der Waals surface area contributed by atoms with Crippen LogP contribution in [0, 0.1) is 12.8 Å². The summed E-state index contributed by atoms with van der Waals surface area (Å²) in [6, 6.07) is 9.03. The number of benzene rings is 1. The molecular weight excluding hydrogens is 442 g/mol. The fraction of sp³-hybridized carbons (Fsp3) is 0.714. The summed E-state index contributed by atoms with van der Waals surface area (Å²) in [5, 5.41) is 6.67. The molecule has 5 nitrogen and oxygen atoms in total. The van der Waals surface area contributed by atoms with Crippen molar-refractivity contribution >= 4 is 23.3 Å². The van der Waals surface area contributed by atoms with Gasteiger partial charge >= 0.3 is 6.09 Å². The number of nitrogens with zero attached hydrogens (tertiary/aromatic N) is 1. The molecule has 1 unspecified atom stereocenters. The average molecular weight is 488 g/mol. The molecule has 0 spiro atoms. The van der Waals surface area contributed by atoms with Crippen LogP contribution in [0.5, 0.6) is 0 Å². The molecule has 3 rings (SSSR count). The van der Waals surface area contributed by atoms with Crippen LogP contribution in [0.15, 0.2) is 24.3 Å². The van der Waals surface area contributed by atoms with Gasteiger partial charge < -0.3 is 15.4 Å². The smallest absolute Gasteiger partial charge is 0.408 e. The number of rotatable bonds is 8. The van der Waals surface area contributed by atoms with Crippen molar-refractivity contribution < 1.29 is 9.53 Å². The Morgan fingerprint density at radius 2 is 1.74 bits per heavy atom. The summed E-state index contributed by atoms with van der Waals surface area (Å²) in [5.74, 6) is 0.754. The number of aryl methyl sites for hydroxylation is 1. The Morgan fingerprint density at radius 3 is 2.35 bits per heavy atom. The largest absolute Gasteiger partial charge is 0.444 e. The minimum absolute atomic E-state index is 0.169. The summed E-state index contributed by atoms with van der Waals surface area (Å²) < 4.78 is 5.53. The van der Waals surface area contributed by atoms with Gasteiger partial charge in [0.25, 0.3) is 0 Å². The number of piperidine rings is 1. The van der Waals surface area contributed by atoms with E-state index in [1.807, 2.05) is 20.8 Å². The van der Waals surface area contributed by atoms with E-state index in [0.717, 1.165) is 56.2 Å². The average Bonchev–Trinajstić information content (AvgIpc) is 2.79. The van der Waals surface area contributed by atoms with Gasteiger partial charge in [0, 0.05) is 25.7 Å². The van der Waals surface area contributed by atoms with Crippen LogP contribution in [0.4, 0.5) is 4.79 Å². The number of nitrogens with one attached hydrogen (secondary N) is 2. The molecule has 1 aliphatic heterocycles. The zero-order chi connectivity index (χ0) is 24.6. The van der Waals surface area contributed by atoms with Crippen molar-refractivity contribution in [2.24, 2.45) is 5.92 Å². The SMILES string of the molecule is Cc1ccc(CN2CCC(NC(=S)C(CCC3CCCCC3)NC(=O)OC(C)(C)C)CC2)cc1. The van der Waals surface area contributed by atoms with Crippen LogP contribution in [0.1, 0.15) is 89.7 Å². The van der Waals surface area contributed by atoms with E-state index >= 15 is 0 Å². The lowest BCUT2D eigenvalue weighted by Gasteiger charge is -2.34. The number of hydrogen-bond acceptors (Lipinski definition) is 4. The van der Waals surface area contributed by atoms with Gasteiger partial charge in [-0.1, -0.05) is 74.2 Å². The predicted octanol–water partition coefficient (Wildman–Crippen LogP) is 6.13. The van der Waals surface area contributed by atoms with Gasteiger partial charge in [-0.25, -0.2) is 4.79 Å². The zero-order valence-electron chi connectivity index (χ0n) is 21.7. The van der Waals surface area contributed by atoms with E-state index in [4.69, 9.17) is 17.0 Å². The van der Waals surface area contributed by atoms with Crippen LogP contribution >= 0.6 is 12.2 Å². The Balaban J connectivity index is 1.49.